The van der Waals surface area contributed by atoms with Crippen LogP contribution in [-0.4, -0.2) is 16.3 Å². The number of nitrogens with zero attached hydrogens (tertiary/aromatic N) is 2. The summed E-state index contributed by atoms with van der Waals surface area (Å²) in [6.07, 6.45) is 3.75. The van der Waals surface area contributed by atoms with Crippen molar-refractivity contribution in [2.75, 3.05) is 6.54 Å². The van der Waals surface area contributed by atoms with Gasteiger partial charge < -0.3 is 5.32 Å². The first-order chi connectivity index (χ1) is 10.8. The summed E-state index contributed by atoms with van der Waals surface area (Å²) in [4.78, 5) is 0. The number of hydrogen-bond donors (Lipinski definition) is 1. The van der Waals surface area contributed by atoms with Crippen LogP contribution in [-0.2, 0) is 6.54 Å². The van der Waals surface area contributed by atoms with Crippen molar-refractivity contribution in [2.24, 2.45) is 0 Å². The molecule has 3 aromatic rings. The average molecular weight is 291 g/mol. The molecular formula is C19H21N3. The second-order valence-corrected chi connectivity index (χ2v) is 5.56. The van der Waals surface area contributed by atoms with Gasteiger partial charge in [0.25, 0.3) is 0 Å². The van der Waals surface area contributed by atoms with Gasteiger partial charge in [-0.15, -0.1) is 0 Å². The zero-order chi connectivity index (χ0) is 15.2. The van der Waals surface area contributed by atoms with Gasteiger partial charge in [-0.3, -0.25) is 0 Å². The molecule has 1 heterocycles. The average Bonchev–Trinajstić information content (AvgIpc) is 3.11. The van der Waals surface area contributed by atoms with Gasteiger partial charge in [-0.2, -0.15) is 5.10 Å². The molecule has 0 saturated carbocycles. The zero-order valence-electron chi connectivity index (χ0n) is 12.8. The van der Waals surface area contributed by atoms with Crippen molar-refractivity contribution in [3.8, 4) is 5.69 Å². The molecule has 0 saturated heterocycles. The van der Waals surface area contributed by atoms with E-state index in [-0.39, 0.29) is 0 Å². The molecule has 0 aliphatic heterocycles. The van der Waals surface area contributed by atoms with Gasteiger partial charge in [-0.05, 0) is 35.2 Å². The molecule has 0 spiro atoms. The zero-order valence-corrected chi connectivity index (χ0v) is 12.8. The molecule has 0 aliphatic rings. The van der Waals surface area contributed by atoms with Crippen LogP contribution in [0.2, 0.25) is 0 Å². The van der Waals surface area contributed by atoms with E-state index in [9.17, 15) is 0 Å². The summed E-state index contributed by atoms with van der Waals surface area (Å²) in [7, 11) is 0. The van der Waals surface area contributed by atoms with E-state index in [1.54, 1.807) is 6.20 Å². The number of nitrogens with one attached hydrogen (secondary N) is 1. The Labute approximate surface area is 131 Å². The maximum absolute atomic E-state index is 4.24. The van der Waals surface area contributed by atoms with Crippen LogP contribution in [0.15, 0.2) is 73.1 Å². The summed E-state index contributed by atoms with van der Waals surface area (Å²) in [6, 6.07) is 21.1. The second kappa shape index (κ2) is 7.05. The lowest BCUT2D eigenvalue weighted by Gasteiger charge is -2.13. The Hall–Kier alpha value is -2.39. The molecule has 1 N–H and O–H groups in total. The van der Waals surface area contributed by atoms with Gasteiger partial charge in [0.15, 0.2) is 0 Å². The maximum Gasteiger partial charge on any atom is 0.0645 e. The van der Waals surface area contributed by atoms with Crippen LogP contribution in [0, 0.1) is 0 Å². The fourth-order valence-electron chi connectivity index (χ4n) is 2.52. The molecule has 0 fully saturated rings. The van der Waals surface area contributed by atoms with Crippen molar-refractivity contribution in [1.82, 2.24) is 15.1 Å². The van der Waals surface area contributed by atoms with E-state index in [1.165, 1.54) is 11.1 Å². The predicted molar refractivity (Wildman–Crippen MR) is 90.1 cm³/mol. The number of hydrogen-bond acceptors (Lipinski definition) is 2. The lowest BCUT2D eigenvalue weighted by Crippen LogP contribution is -2.19. The lowest BCUT2D eigenvalue weighted by atomic mass is 10.0. The van der Waals surface area contributed by atoms with Crippen molar-refractivity contribution in [1.29, 1.82) is 0 Å². The Balaban J connectivity index is 1.52. The third-order valence-electron chi connectivity index (χ3n) is 3.85. The fourth-order valence-corrected chi connectivity index (χ4v) is 2.52. The Morgan fingerprint density at radius 1 is 1.00 bits per heavy atom. The van der Waals surface area contributed by atoms with E-state index in [0.717, 1.165) is 18.8 Å². The molecular weight excluding hydrogens is 270 g/mol. The summed E-state index contributed by atoms with van der Waals surface area (Å²) < 4.78 is 1.87. The summed E-state index contributed by atoms with van der Waals surface area (Å²) in [5.41, 5.74) is 3.76. The molecule has 1 unspecified atom stereocenters. The highest BCUT2D eigenvalue weighted by Crippen LogP contribution is 2.13. The fraction of sp³-hybridized carbons (Fsp3) is 0.211. The van der Waals surface area contributed by atoms with E-state index < -0.39 is 0 Å². The van der Waals surface area contributed by atoms with Gasteiger partial charge in [0.05, 0.1) is 5.69 Å². The largest absolute Gasteiger partial charge is 0.312 e. The third-order valence-corrected chi connectivity index (χ3v) is 3.85. The Bertz CT molecular complexity index is 672. The van der Waals surface area contributed by atoms with Crippen molar-refractivity contribution in [3.05, 3.63) is 84.2 Å². The van der Waals surface area contributed by atoms with Crippen LogP contribution < -0.4 is 5.32 Å². The second-order valence-electron chi connectivity index (χ2n) is 5.56. The minimum absolute atomic E-state index is 0.518. The first-order valence-electron chi connectivity index (χ1n) is 7.67. The monoisotopic (exact) mass is 291 g/mol. The molecule has 2 aromatic carbocycles. The Morgan fingerprint density at radius 3 is 2.45 bits per heavy atom. The minimum Gasteiger partial charge on any atom is -0.312 e. The molecule has 0 aliphatic carbocycles. The summed E-state index contributed by atoms with van der Waals surface area (Å²) in [5, 5.41) is 7.77. The SMILES string of the molecule is CC(CNCc1ccc(-n2cccn2)cc1)c1ccccc1. The summed E-state index contributed by atoms with van der Waals surface area (Å²) in [6.45, 7) is 4.12. The van der Waals surface area contributed by atoms with Crippen molar-refractivity contribution in [2.45, 2.75) is 19.4 Å². The van der Waals surface area contributed by atoms with Gasteiger partial charge >= 0.3 is 0 Å². The number of rotatable bonds is 6. The lowest BCUT2D eigenvalue weighted by molar-refractivity contribution is 0.615. The van der Waals surface area contributed by atoms with Gasteiger partial charge in [0, 0.05) is 25.5 Å². The molecule has 0 radical (unpaired) electrons. The molecule has 0 bridgehead atoms. The Morgan fingerprint density at radius 2 is 1.77 bits per heavy atom. The molecule has 0 amide bonds. The van der Waals surface area contributed by atoms with E-state index >= 15 is 0 Å². The van der Waals surface area contributed by atoms with E-state index in [2.05, 4.69) is 71.9 Å². The molecule has 3 heteroatoms. The summed E-state index contributed by atoms with van der Waals surface area (Å²) in [5.74, 6) is 0.518. The quantitative estimate of drug-likeness (QED) is 0.749. The molecule has 1 atom stereocenters. The van der Waals surface area contributed by atoms with Gasteiger partial charge in [-0.25, -0.2) is 4.68 Å². The predicted octanol–water partition coefficient (Wildman–Crippen LogP) is 3.77. The van der Waals surface area contributed by atoms with E-state index in [0.29, 0.717) is 5.92 Å². The molecule has 112 valence electrons. The van der Waals surface area contributed by atoms with Crippen LogP contribution in [0.3, 0.4) is 0 Å². The molecule has 3 rings (SSSR count). The van der Waals surface area contributed by atoms with Gasteiger partial charge in [-0.1, -0.05) is 49.4 Å². The van der Waals surface area contributed by atoms with Gasteiger partial charge in [0.1, 0.15) is 0 Å². The summed E-state index contributed by atoms with van der Waals surface area (Å²) >= 11 is 0. The van der Waals surface area contributed by atoms with Crippen molar-refractivity contribution < 1.29 is 0 Å². The topological polar surface area (TPSA) is 29.9 Å². The first kappa shape index (κ1) is 14.5. The van der Waals surface area contributed by atoms with E-state index in [1.807, 2.05) is 16.9 Å². The number of aromatic nitrogens is 2. The van der Waals surface area contributed by atoms with Crippen LogP contribution >= 0.6 is 0 Å². The maximum atomic E-state index is 4.24. The number of benzene rings is 2. The van der Waals surface area contributed by atoms with Crippen LogP contribution in [0.25, 0.3) is 5.69 Å². The van der Waals surface area contributed by atoms with Crippen LogP contribution in [0.5, 0.6) is 0 Å². The highest BCUT2D eigenvalue weighted by Gasteiger charge is 2.04. The molecule has 1 aromatic heterocycles. The van der Waals surface area contributed by atoms with Gasteiger partial charge in [0.2, 0.25) is 0 Å². The van der Waals surface area contributed by atoms with Crippen LogP contribution in [0.1, 0.15) is 24.0 Å². The van der Waals surface area contributed by atoms with Crippen molar-refractivity contribution >= 4 is 0 Å². The highest BCUT2D eigenvalue weighted by molar-refractivity contribution is 5.33. The standard InChI is InChI=1S/C19H21N3/c1-16(18-6-3-2-4-7-18)14-20-15-17-8-10-19(11-9-17)22-13-5-12-21-22/h2-13,16,20H,14-15H2,1H3. The smallest absolute Gasteiger partial charge is 0.0645 e. The molecule has 3 nitrogen and oxygen atoms in total. The minimum atomic E-state index is 0.518. The normalized spacial score (nSPS) is 12.2. The van der Waals surface area contributed by atoms with Crippen molar-refractivity contribution in [3.63, 3.8) is 0 Å². The van der Waals surface area contributed by atoms with E-state index in [4.69, 9.17) is 0 Å². The third kappa shape index (κ3) is 3.62. The molecule has 22 heavy (non-hydrogen) atoms. The first-order valence-corrected chi connectivity index (χ1v) is 7.67. The highest BCUT2D eigenvalue weighted by atomic mass is 15.3. The van der Waals surface area contributed by atoms with Crippen LogP contribution in [0.4, 0.5) is 0 Å². The Kier molecular flexibility index (Phi) is 4.66.